The summed E-state index contributed by atoms with van der Waals surface area (Å²) in [5, 5.41) is 10.1. The fourth-order valence-electron chi connectivity index (χ4n) is 3.03. The Bertz CT molecular complexity index is 1240. The number of hydrogen-bond donors (Lipinski definition) is 2. The summed E-state index contributed by atoms with van der Waals surface area (Å²) in [6.07, 6.45) is 0. The molecule has 0 saturated carbocycles. The Morgan fingerprint density at radius 3 is 1.80 bits per heavy atom. The van der Waals surface area contributed by atoms with Gasteiger partial charge >= 0.3 is 19.5 Å². The number of phenols is 1. The molecule has 2 N–H and O–H groups in total. The summed E-state index contributed by atoms with van der Waals surface area (Å²) in [4.78, 5) is 40.5. The second-order valence-corrected chi connectivity index (χ2v) is 16.1. The Balaban J connectivity index is 2.21. The van der Waals surface area contributed by atoms with E-state index in [1.54, 1.807) is 71.9 Å². The van der Waals surface area contributed by atoms with Crippen molar-refractivity contribution in [1.82, 2.24) is 0 Å². The van der Waals surface area contributed by atoms with Crippen molar-refractivity contribution in [3.05, 3.63) is 43.0 Å². The molecule has 41 heavy (non-hydrogen) atoms. The van der Waals surface area contributed by atoms with Crippen LogP contribution in [-0.4, -0.2) is 40.8 Å². The van der Waals surface area contributed by atoms with E-state index in [0.717, 1.165) is 5.56 Å². The summed E-state index contributed by atoms with van der Waals surface area (Å²) in [6, 6.07) is 8.09. The minimum Gasteiger partial charge on any atom is -0.508 e. The van der Waals surface area contributed by atoms with Crippen LogP contribution in [0.1, 0.15) is 66.9 Å². The van der Waals surface area contributed by atoms with E-state index in [1.165, 1.54) is 0 Å². The number of esters is 2. The molecule has 2 aromatic carbocycles. The topological polar surface area (TPSA) is 138 Å². The van der Waals surface area contributed by atoms with Crippen molar-refractivity contribution in [2.45, 2.75) is 67.0 Å². The highest BCUT2D eigenvalue weighted by Crippen LogP contribution is 2.49. The van der Waals surface area contributed by atoms with Crippen LogP contribution in [0.4, 0.5) is 0 Å². The summed E-state index contributed by atoms with van der Waals surface area (Å²) < 4.78 is 35.9. The van der Waals surface area contributed by atoms with Crippen LogP contribution in [0.3, 0.4) is 0 Å². The highest BCUT2D eigenvalue weighted by Gasteiger charge is 2.39. The molecule has 1 unspecified atom stereocenters. The van der Waals surface area contributed by atoms with Crippen molar-refractivity contribution in [3.63, 3.8) is 0 Å². The number of rotatable bonds is 11. The van der Waals surface area contributed by atoms with E-state index < -0.39 is 49.2 Å². The molecule has 10 nitrogen and oxygen atoms in total. The van der Waals surface area contributed by atoms with Gasteiger partial charge in [-0.15, -0.1) is 0 Å². The summed E-state index contributed by atoms with van der Waals surface area (Å²) >= 11 is 4.07. The van der Waals surface area contributed by atoms with Gasteiger partial charge in [0.05, 0.1) is 18.0 Å². The standard InChI is InChI=1S/C28H37I2O10P/c1-16(2)20-11-17(9-10-23(20)31)38-24-21(29)12-18(13-22(24)30)39-40-41(34,35)19(14-36-25(32)27(3,4)5)15-37-26(33)28(6,7)8/h9-13,16,19,31H,14-15H2,1-8H3,(H,34,35). The molecule has 0 saturated heterocycles. The van der Waals surface area contributed by atoms with E-state index in [1.807, 2.05) is 59.0 Å². The summed E-state index contributed by atoms with van der Waals surface area (Å²) in [5.74, 6) is 0.254. The predicted molar refractivity (Wildman–Crippen MR) is 170 cm³/mol. The number of aromatic hydroxyl groups is 1. The van der Waals surface area contributed by atoms with Crippen LogP contribution in [0.2, 0.25) is 0 Å². The van der Waals surface area contributed by atoms with Crippen LogP contribution in [0.5, 0.6) is 23.0 Å². The minimum absolute atomic E-state index is 0.0941. The molecule has 0 aliphatic heterocycles. The molecule has 0 aliphatic carbocycles. The van der Waals surface area contributed by atoms with Gasteiger partial charge in [0.1, 0.15) is 30.4 Å². The maximum atomic E-state index is 13.2. The van der Waals surface area contributed by atoms with E-state index >= 15 is 0 Å². The second-order valence-electron chi connectivity index (χ2n) is 11.8. The first kappa shape index (κ1) is 35.6. The van der Waals surface area contributed by atoms with Gasteiger partial charge in [-0.3, -0.25) is 14.2 Å². The molecule has 228 valence electrons. The average Bonchev–Trinajstić information content (AvgIpc) is 2.84. The number of phenolic OH excluding ortho intramolecular Hbond substituents is 1. The Hall–Kier alpha value is -1.61. The van der Waals surface area contributed by atoms with Gasteiger partial charge in [0, 0.05) is 17.7 Å². The number of hydrogen-bond acceptors (Lipinski definition) is 9. The SMILES string of the molecule is CC(C)c1cc(Oc2c(I)cc(OOP(=O)(O)C(COC(=O)C(C)(C)C)COC(=O)C(C)(C)C)cc2I)ccc1O. The fraction of sp³-hybridized carbons (Fsp3) is 0.500. The third-order valence-electron chi connectivity index (χ3n) is 5.55. The summed E-state index contributed by atoms with van der Waals surface area (Å²) in [6.45, 7) is 12.7. The van der Waals surface area contributed by atoms with Crippen molar-refractivity contribution < 1.29 is 47.9 Å². The highest BCUT2D eigenvalue weighted by atomic mass is 127. The normalized spacial score (nSPS) is 13.6. The number of carbonyl (C=O) groups excluding carboxylic acids is 2. The van der Waals surface area contributed by atoms with Crippen molar-refractivity contribution in [2.24, 2.45) is 10.8 Å². The van der Waals surface area contributed by atoms with Crippen LogP contribution in [-0.2, 0) is 28.3 Å². The van der Waals surface area contributed by atoms with Crippen molar-refractivity contribution in [1.29, 1.82) is 0 Å². The Labute approximate surface area is 268 Å². The van der Waals surface area contributed by atoms with Gasteiger partial charge in [-0.1, -0.05) is 18.5 Å². The van der Waals surface area contributed by atoms with Gasteiger partial charge in [0.25, 0.3) is 0 Å². The van der Waals surface area contributed by atoms with Crippen molar-refractivity contribution in [3.8, 4) is 23.0 Å². The van der Waals surface area contributed by atoms with Crippen molar-refractivity contribution in [2.75, 3.05) is 13.2 Å². The van der Waals surface area contributed by atoms with Crippen LogP contribution in [0.25, 0.3) is 0 Å². The first-order valence-corrected chi connectivity index (χ1v) is 16.6. The Morgan fingerprint density at radius 1 is 0.878 bits per heavy atom. The third-order valence-corrected chi connectivity index (χ3v) is 8.66. The molecular weight excluding hydrogens is 781 g/mol. The molecule has 0 bridgehead atoms. The zero-order valence-corrected chi connectivity index (χ0v) is 29.5. The molecule has 0 aromatic heterocycles. The zero-order valence-electron chi connectivity index (χ0n) is 24.3. The first-order chi connectivity index (χ1) is 18.7. The van der Waals surface area contributed by atoms with Gasteiger partial charge < -0.3 is 29.1 Å². The molecule has 0 fully saturated rings. The Morgan fingerprint density at radius 2 is 1.37 bits per heavy atom. The lowest BCUT2D eigenvalue weighted by atomic mass is 9.97. The molecule has 1 atom stereocenters. The highest BCUT2D eigenvalue weighted by molar-refractivity contribution is 14.1. The van der Waals surface area contributed by atoms with E-state index in [-0.39, 0.29) is 17.4 Å². The molecule has 0 aliphatic rings. The minimum atomic E-state index is -4.64. The van der Waals surface area contributed by atoms with Gasteiger partial charge in [0.15, 0.2) is 11.5 Å². The van der Waals surface area contributed by atoms with Crippen LogP contribution in [0.15, 0.2) is 30.3 Å². The van der Waals surface area contributed by atoms with Crippen molar-refractivity contribution >= 4 is 64.7 Å². The maximum Gasteiger partial charge on any atom is 0.376 e. The van der Waals surface area contributed by atoms with E-state index in [2.05, 4.69) is 0 Å². The van der Waals surface area contributed by atoms with Crippen LogP contribution in [0, 0.1) is 18.0 Å². The third kappa shape index (κ3) is 10.6. The van der Waals surface area contributed by atoms with Gasteiger partial charge in [0.2, 0.25) is 0 Å². The molecule has 13 heteroatoms. The molecule has 0 amide bonds. The van der Waals surface area contributed by atoms with E-state index in [0.29, 0.717) is 18.6 Å². The number of benzene rings is 2. The first-order valence-electron chi connectivity index (χ1n) is 12.8. The molecule has 2 rings (SSSR count). The molecular formula is C28H37I2O10P. The number of halogens is 2. The summed E-state index contributed by atoms with van der Waals surface area (Å²) in [7, 11) is -4.64. The lowest BCUT2D eigenvalue weighted by Crippen LogP contribution is -2.33. The zero-order chi connectivity index (χ0) is 31.3. The number of carbonyl (C=O) groups is 2. The predicted octanol–water partition coefficient (Wildman–Crippen LogP) is 7.56. The quantitative estimate of drug-likeness (QED) is 0.0769. The van der Waals surface area contributed by atoms with Gasteiger partial charge in [-0.05, 0) is 111 Å². The number of ether oxygens (including phenoxy) is 3. The Kier molecular flexibility index (Phi) is 12.4. The second kappa shape index (κ2) is 14.2. The van der Waals surface area contributed by atoms with E-state index in [4.69, 9.17) is 23.8 Å². The van der Waals surface area contributed by atoms with Crippen LogP contribution >= 0.6 is 52.8 Å². The van der Waals surface area contributed by atoms with Gasteiger partial charge in [-0.25, -0.2) is 0 Å². The smallest absolute Gasteiger partial charge is 0.376 e. The molecule has 2 aromatic rings. The van der Waals surface area contributed by atoms with Gasteiger partial charge in [-0.2, -0.15) is 0 Å². The van der Waals surface area contributed by atoms with E-state index in [9.17, 15) is 24.2 Å². The van der Waals surface area contributed by atoms with Crippen LogP contribution < -0.4 is 9.62 Å². The molecule has 0 spiro atoms. The molecule has 0 heterocycles. The lowest BCUT2D eigenvalue weighted by molar-refractivity contribution is -0.156. The maximum absolute atomic E-state index is 13.2. The molecule has 0 radical (unpaired) electrons. The monoisotopic (exact) mass is 818 g/mol. The average molecular weight is 818 g/mol. The fourth-order valence-corrected chi connectivity index (χ4v) is 5.80. The summed E-state index contributed by atoms with van der Waals surface area (Å²) in [5.41, 5.74) is -2.35. The lowest BCUT2D eigenvalue weighted by Gasteiger charge is -2.25. The largest absolute Gasteiger partial charge is 0.508 e.